The van der Waals surface area contributed by atoms with Crippen molar-refractivity contribution in [2.24, 2.45) is 17.8 Å². The van der Waals surface area contributed by atoms with Gasteiger partial charge in [0.15, 0.2) is 0 Å². The van der Waals surface area contributed by atoms with Gasteiger partial charge in [0.25, 0.3) is 0 Å². The summed E-state index contributed by atoms with van der Waals surface area (Å²) < 4.78 is 18.6. The van der Waals surface area contributed by atoms with E-state index in [1.807, 2.05) is 36.4 Å². The SMILES string of the molecule is CCCC[C@H](/C=C(\I)C(=O)Oc1c(C)c(C)c2c(c1C)CCC(C)(CCCC(C)CCCC(C)CCCC(C)C)O2)OC(C)=O. The molecule has 2 rings (SSSR count). The van der Waals surface area contributed by atoms with Crippen molar-refractivity contribution >= 4 is 34.5 Å². The van der Waals surface area contributed by atoms with E-state index in [1.165, 1.54) is 58.3 Å². The summed E-state index contributed by atoms with van der Waals surface area (Å²) in [7, 11) is 0. The fraction of sp³-hybridized carbons (Fsp3) is 0.744. The van der Waals surface area contributed by atoms with Gasteiger partial charge >= 0.3 is 11.9 Å². The molecule has 0 saturated heterocycles. The largest absolute Gasteiger partial charge is 0.487 e. The molecule has 45 heavy (non-hydrogen) atoms. The minimum atomic E-state index is -0.434. The fourth-order valence-electron chi connectivity index (χ4n) is 6.58. The van der Waals surface area contributed by atoms with Crippen molar-refractivity contribution in [3.8, 4) is 11.5 Å². The normalized spacial score (nSPS) is 18.6. The van der Waals surface area contributed by atoms with Gasteiger partial charge in [-0.25, -0.2) is 4.79 Å². The quantitative estimate of drug-likeness (QED) is 0.0612. The number of rotatable bonds is 19. The van der Waals surface area contributed by atoms with E-state index >= 15 is 0 Å². The Labute approximate surface area is 289 Å². The van der Waals surface area contributed by atoms with E-state index in [0.717, 1.165) is 77.9 Å². The van der Waals surface area contributed by atoms with E-state index in [9.17, 15) is 9.59 Å². The second-order valence-corrected chi connectivity index (χ2v) is 15.8. The second kappa shape index (κ2) is 19.3. The van der Waals surface area contributed by atoms with Gasteiger partial charge in [0.2, 0.25) is 0 Å². The predicted octanol–water partition coefficient (Wildman–Crippen LogP) is 11.5. The summed E-state index contributed by atoms with van der Waals surface area (Å²) in [6, 6.07) is 0. The van der Waals surface area contributed by atoms with Crippen LogP contribution in [0.25, 0.3) is 0 Å². The van der Waals surface area contributed by atoms with Gasteiger partial charge in [-0.15, -0.1) is 0 Å². The van der Waals surface area contributed by atoms with E-state index in [2.05, 4.69) is 48.5 Å². The molecule has 0 saturated carbocycles. The molecule has 6 heteroatoms. The summed E-state index contributed by atoms with van der Waals surface area (Å²) in [5.41, 5.74) is 3.92. The van der Waals surface area contributed by atoms with E-state index in [0.29, 0.717) is 15.8 Å². The maximum atomic E-state index is 13.2. The number of fused-ring (bicyclic) bond motifs is 1. The summed E-state index contributed by atoms with van der Waals surface area (Å²) in [6.45, 7) is 21.4. The van der Waals surface area contributed by atoms with Crippen LogP contribution in [0.4, 0.5) is 0 Å². The van der Waals surface area contributed by atoms with Crippen LogP contribution in [-0.4, -0.2) is 23.6 Å². The van der Waals surface area contributed by atoms with Gasteiger partial charge < -0.3 is 14.2 Å². The number of hydrogen-bond acceptors (Lipinski definition) is 5. The number of carbonyl (C=O) groups is 2. The summed E-state index contributed by atoms with van der Waals surface area (Å²) in [4.78, 5) is 24.7. The number of hydrogen-bond donors (Lipinski definition) is 0. The van der Waals surface area contributed by atoms with Crippen LogP contribution in [0, 0.1) is 38.5 Å². The van der Waals surface area contributed by atoms with E-state index in [4.69, 9.17) is 14.2 Å². The molecular formula is C39H63IO5. The molecule has 5 nitrogen and oxygen atoms in total. The maximum absolute atomic E-state index is 13.2. The Kier molecular flexibility index (Phi) is 17.0. The van der Waals surface area contributed by atoms with Crippen LogP contribution in [0.15, 0.2) is 9.66 Å². The summed E-state index contributed by atoms with van der Waals surface area (Å²) >= 11 is 1.99. The minimum absolute atomic E-state index is 0.179. The molecule has 1 heterocycles. The molecule has 0 radical (unpaired) electrons. The molecule has 256 valence electrons. The predicted molar refractivity (Wildman–Crippen MR) is 196 cm³/mol. The Morgan fingerprint density at radius 3 is 2.07 bits per heavy atom. The van der Waals surface area contributed by atoms with Crippen molar-refractivity contribution in [1.82, 2.24) is 0 Å². The topological polar surface area (TPSA) is 61.8 Å². The summed E-state index contributed by atoms with van der Waals surface area (Å²) in [5, 5.41) is 0. The Morgan fingerprint density at radius 2 is 1.49 bits per heavy atom. The van der Waals surface area contributed by atoms with Crippen molar-refractivity contribution in [3.05, 3.63) is 31.9 Å². The van der Waals surface area contributed by atoms with Crippen LogP contribution in [0.5, 0.6) is 11.5 Å². The first-order valence-corrected chi connectivity index (χ1v) is 18.8. The number of halogens is 1. The van der Waals surface area contributed by atoms with Gasteiger partial charge in [-0.2, -0.15) is 0 Å². The third-order valence-electron chi connectivity index (χ3n) is 9.72. The van der Waals surface area contributed by atoms with Gasteiger partial charge in [0.1, 0.15) is 23.2 Å². The molecule has 0 aromatic heterocycles. The maximum Gasteiger partial charge on any atom is 0.349 e. The van der Waals surface area contributed by atoms with Crippen molar-refractivity contribution in [2.45, 2.75) is 171 Å². The lowest BCUT2D eigenvalue weighted by molar-refractivity contribution is -0.144. The van der Waals surface area contributed by atoms with Crippen LogP contribution in [0.3, 0.4) is 0 Å². The Morgan fingerprint density at radius 1 is 0.889 bits per heavy atom. The average molecular weight is 739 g/mol. The monoisotopic (exact) mass is 738 g/mol. The molecule has 4 atom stereocenters. The van der Waals surface area contributed by atoms with Crippen LogP contribution in [0.1, 0.15) is 154 Å². The molecule has 0 N–H and O–H groups in total. The van der Waals surface area contributed by atoms with Gasteiger partial charge in [0, 0.05) is 12.5 Å². The second-order valence-electron chi connectivity index (χ2n) is 14.6. The molecular weight excluding hydrogens is 675 g/mol. The minimum Gasteiger partial charge on any atom is -0.487 e. The molecule has 0 bridgehead atoms. The first-order valence-electron chi connectivity index (χ1n) is 17.8. The van der Waals surface area contributed by atoms with E-state index in [-0.39, 0.29) is 11.6 Å². The molecule has 1 aliphatic heterocycles. The molecule has 3 unspecified atom stereocenters. The highest BCUT2D eigenvalue weighted by molar-refractivity contribution is 14.1. The van der Waals surface area contributed by atoms with Gasteiger partial charge in [-0.05, 0) is 129 Å². The van der Waals surface area contributed by atoms with Crippen LogP contribution < -0.4 is 9.47 Å². The van der Waals surface area contributed by atoms with Crippen molar-refractivity contribution < 1.29 is 23.8 Å². The van der Waals surface area contributed by atoms with Crippen LogP contribution in [-0.2, 0) is 20.7 Å². The molecule has 0 aliphatic carbocycles. The van der Waals surface area contributed by atoms with E-state index in [1.54, 1.807) is 6.08 Å². The number of unbranched alkanes of at least 4 members (excludes halogenated alkanes) is 1. The molecule has 0 amide bonds. The first-order chi connectivity index (χ1) is 21.2. The van der Waals surface area contributed by atoms with Crippen molar-refractivity contribution in [1.29, 1.82) is 0 Å². The molecule has 0 fully saturated rings. The zero-order valence-electron chi connectivity index (χ0n) is 30.2. The zero-order chi connectivity index (χ0) is 33.7. The standard InChI is InChI=1S/C39H63IO5/c1-11-12-21-33(43-32(9)41)25-35(40)38(42)44-36-29(6)30(7)37-34(31(36)8)22-24-39(10,45-37)23-15-20-28(5)19-14-18-27(4)17-13-16-26(2)3/h25-28,33H,11-24H2,1-10H3/b35-25-/t27?,28?,33-,39?/m1/s1. The average Bonchev–Trinajstić information content (AvgIpc) is 2.96. The smallest absolute Gasteiger partial charge is 0.349 e. The molecule has 1 aromatic rings. The number of benzene rings is 1. The number of ether oxygens (including phenoxy) is 3. The summed E-state index contributed by atoms with van der Waals surface area (Å²) in [5.74, 6) is 3.23. The third-order valence-corrected chi connectivity index (χ3v) is 10.5. The van der Waals surface area contributed by atoms with Gasteiger partial charge in [0.05, 0.1) is 3.58 Å². The molecule has 0 spiro atoms. The van der Waals surface area contributed by atoms with Gasteiger partial charge in [-0.1, -0.05) is 86.0 Å². The van der Waals surface area contributed by atoms with Gasteiger partial charge in [-0.3, -0.25) is 4.79 Å². The van der Waals surface area contributed by atoms with Crippen molar-refractivity contribution in [3.63, 3.8) is 0 Å². The highest BCUT2D eigenvalue weighted by Crippen LogP contribution is 2.45. The summed E-state index contributed by atoms with van der Waals surface area (Å²) in [6.07, 6.45) is 17.3. The third kappa shape index (κ3) is 13.2. The Hall–Kier alpha value is -1.57. The van der Waals surface area contributed by atoms with Crippen molar-refractivity contribution in [2.75, 3.05) is 0 Å². The lowest BCUT2D eigenvalue weighted by atomic mass is 9.83. The lowest BCUT2D eigenvalue weighted by Gasteiger charge is -2.38. The highest BCUT2D eigenvalue weighted by atomic mass is 127. The lowest BCUT2D eigenvalue weighted by Crippen LogP contribution is -2.37. The fourth-order valence-corrected chi connectivity index (χ4v) is 7.09. The highest BCUT2D eigenvalue weighted by Gasteiger charge is 2.35. The Balaban J connectivity index is 1.98. The van der Waals surface area contributed by atoms with Crippen LogP contribution >= 0.6 is 22.6 Å². The number of carbonyl (C=O) groups excluding carboxylic acids is 2. The Bertz CT molecular complexity index is 1140. The van der Waals surface area contributed by atoms with Crippen LogP contribution in [0.2, 0.25) is 0 Å². The molecule has 1 aromatic carbocycles. The number of esters is 2. The first kappa shape index (κ1) is 39.6. The zero-order valence-corrected chi connectivity index (χ0v) is 32.4. The van der Waals surface area contributed by atoms with E-state index < -0.39 is 12.1 Å². The molecule has 1 aliphatic rings.